The minimum atomic E-state index is -0.242. The zero-order valence-electron chi connectivity index (χ0n) is 21.8. The van der Waals surface area contributed by atoms with Crippen LogP contribution in [0.1, 0.15) is 48.3 Å². The standard InChI is InChI=1S/C28H30Cl3N5O3/c1-16(37)35-10-7-17(8-11-35)27(38)36-12-9-25(20(15-36)18-3-5-21(30)22(31)13-18)34(2)28(39)26-32-23-6-4-19(29)14-24(23)33-26/h3-6,13-14,17,20,25H,7-12,15H2,1-2H3,(H,32,33)/t20-,25+/m0/s1. The van der Waals surface area contributed by atoms with E-state index in [4.69, 9.17) is 34.8 Å². The number of fused-ring (bicyclic) bond motifs is 1. The van der Waals surface area contributed by atoms with E-state index in [2.05, 4.69) is 9.97 Å². The fourth-order valence-electron chi connectivity index (χ4n) is 5.77. The van der Waals surface area contributed by atoms with Crippen molar-refractivity contribution in [2.45, 2.75) is 38.1 Å². The molecule has 8 nitrogen and oxygen atoms in total. The molecule has 3 heterocycles. The molecular formula is C28H30Cl3N5O3. The van der Waals surface area contributed by atoms with Crippen molar-refractivity contribution in [3.8, 4) is 0 Å². The van der Waals surface area contributed by atoms with Gasteiger partial charge in [-0.2, -0.15) is 0 Å². The van der Waals surface area contributed by atoms with Crippen LogP contribution in [0.3, 0.4) is 0 Å². The molecule has 2 fully saturated rings. The van der Waals surface area contributed by atoms with Crippen LogP contribution in [0.5, 0.6) is 0 Å². The van der Waals surface area contributed by atoms with Crippen molar-refractivity contribution in [2.24, 2.45) is 5.92 Å². The van der Waals surface area contributed by atoms with Gasteiger partial charge < -0.3 is 19.7 Å². The number of benzene rings is 2. The molecule has 2 aliphatic rings. The number of likely N-dealkylation sites (N-methyl/N-ethyl adjacent to an activating group) is 1. The molecule has 3 aromatic rings. The Hall–Kier alpha value is -2.81. The Balaban J connectivity index is 1.38. The van der Waals surface area contributed by atoms with Crippen molar-refractivity contribution in [3.63, 3.8) is 0 Å². The summed E-state index contributed by atoms with van der Waals surface area (Å²) in [6.07, 6.45) is 1.91. The minimum absolute atomic E-state index is 0.0432. The second-order valence-corrected chi connectivity index (χ2v) is 11.6. The molecule has 39 heavy (non-hydrogen) atoms. The summed E-state index contributed by atoms with van der Waals surface area (Å²) in [6, 6.07) is 10.5. The first-order valence-corrected chi connectivity index (χ1v) is 14.2. The molecule has 2 aromatic carbocycles. The lowest BCUT2D eigenvalue weighted by molar-refractivity contribution is -0.141. The molecule has 0 aliphatic carbocycles. The maximum atomic E-state index is 13.6. The Kier molecular flexibility index (Phi) is 8.08. The van der Waals surface area contributed by atoms with Gasteiger partial charge in [0.1, 0.15) is 0 Å². The molecule has 0 unspecified atom stereocenters. The molecule has 0 radical (unpaired) electrons. The number of carbonyl (C=O) groups excluding carboxylic acids is 3. The number of nitrogens with one attached hydrogen (secondary N) is 1. The summed E-state index contributed by atoms with van der Waals surface area (Å²) in [4.78, 5) is 51.8. The predicted molar refractivity (Wildman–Crippen MR) is 152 cm³/mol. The second-order valence-electron chi connectivity index (χ2n) is 10.4. The van der Waals surface area contributed by atoms with Gasteiger partial charge in [-0.1, -0.05) is 40.9 Å². The summed E-state index contributed by atoms with van der Waals surface area (Å²) in [5.74, 6) is -0.158. The zero-order valence-corrected chi connectivity index (χ0v) is 24.1. The molecule has 2 aliphatic heterocycles. The van der Waals surface area contributed by atoms with Crippen molar-refractivity contribution < 1.29 is 14.4 Å². The molecule has 3 amide bonds. The summed E-state index contributed by atoms with van der Waals surface area (Å²) in [5.41, 5.74) is 2.26. The van der Waals surface area contributed by atoms with Crippen LogP contribution in [0.15, 0.2) is 36.4 Å². The summed E-state index contributed by atoms with van der Waals surface area (Å²) >= 11 is 18.7. The first-order chi connectivity index (χ1) is 18.6. The van der Waals surface area contributed by atoms with Gasteiger partial charge in [0.2, 0.25) is 11.8 Å². The zero-order chi connectivity index (χ0) is 27.8. The number of imidazole rings is 1. The lowest BCUT2D eigenvalue weighted by Crippen LogP contribution is -2.53. The van der Waals surface area contributed by atoms with E-state index >= 15 is 0 Å². The Morgan fingerprint density at radius 2 is 1.67 bits per heavy atom. The van der Waals surface area contributed by atoms with E-state index in [-0.39, 0.29) is 41.4 Å². The molecule has 2 atom stereocenters. The Morgan fingerprint density at radius 1 is 0.949 bits per heavy atom. The van der Waals surface area contributed by atoms with Gasteiger partial charge >= 0.3 is 0 Å². The number of likely N-dealkylation sites (tertiary alicyclic amines) is 2. The first-order valence-electron chi connectivity index (χ1n) is 13.0. The summed E-state index contributed by atoms with van der Waals surface area (Å²) in [7, 11) is 1.77. The van der Waals surface area contributed by atoms with Gasteiger partial charge in [-0.05, 0) is 55.2 Å². The van der Waals surface area contributed by atoms with E-state index in [9.17, 15) is 14.4 Å². The highest BCUT2D eigenvalue weighted by molar-refractivity contribution is 6.42. The second kappa shape index (κ2) is 11.4. The third kappa shape index (κ3) is 5.74. The van der Waals surface area contributed by atoms with Crippen LogP contribution in [0.2, 0.25) is 15.1 Å². The number of aromatic amines is 1. The van der Waals surface area contributed by atoms with Crippen molar-refractivity contribution in [1.29, 1.82) is 0 Å². The highest BCUT2D eigenvalue weighted by Crippen LogP contribution is 2.35. The maximum absolute atomic E-state index is 13.6. The largest absolute Gasteiger partial charge is 0.343 e. The quantitative estimate of drug-likeness (QED) is 0.450. The van der Waals surface area contributed by atoms with E-state index < -0.39 is 0 Å². The van der Waals surface area contributed by atoms with Gasteiger partial charge in [0, 0.05) is 63.1 Å². The lowest BCUT2D eigenvalue weighted by Gasteiger charge is -2.44. The van der Waals surface area contributed by atoms with Crippen LogP contribution < -0.4 is 0 Å². The Labute approximate surface area is 242 Å². The normalized spacial score (nSPS) is 20.3. The molecule has 5 rings (SSSR count). The highest BCUT2D eigenvalue weighted by atomic mass is 35.5. The number of aromatic nitrogens is 2. The molecule has 2 saturated heterocycles. The Bertz CT molecular complexity index is 1420. The molecule has 206 valence electrons. The molecule has 0 bridgehead atoms. The van der Waals surface area contributed by atoms with Crippen LogP contribution in [0.25, 0.3) is 11.0 Å². The number of carbonyl (C=O) groups is 3. The van der Waals surface area contributed by atoms with E-state index in [1.165, 1.54) is 0 Å². The molecular weight excluding hydrogens is 561 g/mol. The lowest BCUT2D eigenvalue weighted by atomic mass is 9.84. The molecule has 1 aromatic heterocycles. The Morgan fingerprint density at radius 3 is 2.36 bits per heavy atom. The number of halogens is 3. The molecule has 11 heteroatoms. The predicted octanol–water partition coefficient (Wildman–Crippen LogP) is 5.24. The number of hydrogen-bond donors (Lipinski definition) is 1. The number of H-pyrrole nitrogens is 1. The molecule has 1 N–H and O–H groups in total. The summed E-state index contributed by atoms with van der Waals surface area (Å²) < 4.78 is 0. The van der Waals surface area contributed by atoms with Gasteiger partial charge in [-0.25, -0.2) is 4.98 Å². The number of piperidine rings is 2. The van der Waals surface area contributed by atoms with Crippen molar-refractivity contribution in [1.82, 2.24) is 24.7 Å². The summed E-state index contributed by atoms with van der Waals surface area (Å²) in [6.45, 7) is 3.73. The van der Waals surface area contributed by atoms with E-state index in [1.54, 1.807) is 48.0 Å². The fourth-order valence-corrected chi connectivity index (χ4v) is 6.24. The van der Waals surface area contributed by atoms with Gasteiger partial charge in [-0.15, -0.1) is 0 Å². The van der Waals surface area contributed by atoms with E-state index in [1.807, 2.05) is 17.0 Å². The minimum Gasteiger partial charge on any atom is -0.343 e. The van der Waals surface area contributed by atoms with E-state index in [0.717, 1.165) is 11.1 Å². The topological polar surface area (TPSA) is 89.6 Å². The van der Waals surface area contributed by atoms with Crippen LogP contribution in [0, 0.1) is 5.92 Å². The number of rotatable bonds is 4. The van der Waals surface area contributed by atoms with Gasteiger partial charge in [0.25, 0.3) is 5.91 Å². The number of nitrogens with zero attached hydrogens (tertiary/aromatic N) is 4. The third-order valence-corrected chi connectivity index (χ3v) is 8.99. The van der Waals surface area contributed by atoms with Crippen molar-refractivity contribution in [3.05, 3.63) is 62.9 Å². The number of amides is 3. The van der Waals surface area contributed by atoms with Crippen LogP contribution in [-0.4, -0.2) is 81.7 Å². The smallest absolute Gasteiger partial charge is 0.289 e. The highest BCUT2D eigenvalue weighted by Gasteiger charge is 2.39. The van der Waals surface area contributed by atoms with Gasteiger partial charge in [0.15, 0.2) is 5.82 Å². The maximum Gasteiger partial charge on any atom is 0.289 e. The monoisotopic (exact) mass is 589 g/mol. The average molecular weight is 591 g/mol. The van der Waals surface area contributed by atoms with Crippen molar-refractivity contribution in [2.75, 3.05) is 33.2 Å². The SMILES string of the molecule is CC(=O)N1CCC(C(=O)N2CC[C@@H](N(C)C(=O)c3nc4cc(Cl)ccc4[nH]3)[C@H](c3ccc(Cl)c(Cl)c3)C2)CC1. The van der Waals surface area contributed by atoms with Crippen LogP contribution >= 0.6 is 34.8 Å². The third-order valence-electron chi connectivity index (χ3n) is 8.01. The van der Waals surface area contributed by atoms with Crippen LogP contribution in [-0.2, 0) is 9.59 Å². The summed E-state index contributed by atoms with van der Waals surface area (Å²) in [5, 5.41) is 1.42. The first kappa shape index (κ1) is 27.7. The van der Waals surface area contributed by atoms with Crippen molar-refractivity contribution >= 4 is 63.6 Å². The van der Waals surface area contributed by atoms with Crippen LogP contribution in [0.4, 0.5) is 0 Å². The molecule has 0 saturated carbocycles. The van der Waals surface area contributed by atoms with E-state index in [0.29, 0.717) is 66.0 Å². The van der Waals surface area contributed by atoms with Gasteiger partial charge in [-0.3, -0.25) is 14.4 Å². The number of hydrogen-bond acceptors (Lipinski definition) is 4. The fraction of sp³-hybridized carbons (Fsp3) is 0.429. The average Bonchev–Trinajstić information content (AvgIpc) is 3.36. The molecule has 0 spiro atoms. The van der Waals surface area contributed by atoms with Gasteiger partial charge in [0.05, 0.1) is 21.1 Å².